The van der Waals surface area contributed by atoms with E-state index in [1.165, 1.54) is 0 Å². The predicted octanol–water partition coefficient (Wildman–Crippen LogP) is 3.28. The molecule has 3 atom stereocenters. The van der Waals surface area contributed by atoms with E-state index in [0.29, 0.717) is 23.1 Å². The van der Waals surface area contributed by atoms with Gasteiger partial charge in [0.1, 0.15) is 30.9 Å². The topological polar surface area (TPSA) is 143 Å². The molecule has 1 aliphatic heterocycles. The van der Waals surface area contributed by atoms with Crippen LogP contribution in [0.2, 0.25) is 0 Å². The highest BCUT2D eigenvalue weighted by molar-refractivity contribution is 5.95. The van der Waals surface area contributed by atoms with Gasteiger partial charge in [-0.1, -0.05) is 54.6 Å². The molecule has 0 aromatic heterocycles. The summed E-state index contributed by atoms with van der Waals surface area (Å²) in [6, 6.07) is 21.0. The number of phenols is 1. The monoisotopic (exact) mass is 598 g/mol. The summed E-state index contributed by atoms with van der Waals surface area (Å²) in [7, 11) is 0. The Morgan fingerprint density at radius 1 is 0.932 bits per heavy atom. The maximum absolute atomic E-state index is 13.1. The fourth-order valence-electron chi connectivity index (χ4n) is 5.06. The third-order valence-corrected chi connectivity index (χ3v) is 7.37. The lowest BCUT2D eigenvalue weighted by molar-refractivity contribution is -0.118. The summed E-state index contributed by atoms with van der Waals surface area (Å²) in [5.41, 5.74) is 3.64. The van der Waals surface area contributed by atoms with E-state index in [1.807, 2.05) is 24.3 Å². The molecule has 3 aromatic rings. The second kappa shape index (κ2) is 14.6. The molecule has 1 fully saturated rings. The number of para-hydroxylation sites is 1. The highest BCUT2D eigenvalue weighted by Gasteiger charge is 2.42. The van der Waals surface area contributed by atoms with Gasteiger partial charge in [-0.2, -0.15) is 0 Å². The molecule has 44 heavy (non-hydrogen) atoms. The zero-order valence-corrected chi connectivity index (χ0v) is 24.0. The molecule has 1 saturated heterocycles. The first-order valence-electron chi connectivity index (χ1n) is 14.4. The smallest absolute Gasteiger partial charge is 0.338 e. The second-order valence-corrected chi connectivity index (χ2v) is 10.4. The van der Waals surface area contributed by atoms with Crippen LogP contribution in [0.1, 0.15) is 43.8 Å². The van der Waals surface area contributed by atoms with E-state index in [1.54, 1.807) is 66.7 Å². The fourth-order valence-corrected chi connectivity index (χ4v) is 5.06. The van der Waals surface area contributed by atoms with Gasteiger partial charge < -0.3 is 35.1 Å². The van der Waals surface area contributed by atoms with Crippen molar-refractivity contribution in [1.29, 1.82) is 0 Å². The van der Waals surface area contributed by atoms with E-state index in [9.17, 15) is 19.5 Å². The number of aliphatic hydroxyl groups excluding tert-OH is 1. The number of amides is 2. The van der Waals surface area contributed by atoms with Crippen LogP contribution in [0.5, 0.6) is 5.75 Å². The van der Waals surface area contributed by atoms with Crippen LogP contribution in [0.4, 0.5) is 0 Å². The number of carbonyl (C=O) groups excluding carboxylic acids is 3. The van der Waals surface area contributed by atoms with E-state index >= 15 is 0 Å². The Morgan fingerprint density at radius 2 is 1.75 bits per heavy atom. The highest BCUT2D eigenvalue weighted by Crippen LogP contribution is 2.31. The van der Waals surface area contributed by atoms with Crippen LogP contribution in [0.3, 0.4) is 0 Å². The molecular weight excluding hydrogens is 564 g/mol. The lowest BCUT2D eigenvalue weighted by atomic mass is 9.91. The van der Waals surface area contributed by atoms with Crippen molar-refractivity contribution in [2.24, 2.45) is 0 Å². The van der Waals surface area contributed by atoms with Crippen LogP contribution in [-0.2, 0) is 32.0 Å². The van der Waals surface area contributed by atoms with Gasteiger partial charge in [0.15, 0.2) is 0 Å². The van der Waals surface area contributed by atoms with Crippen molar-refractivity contribution >= 4 is 23.9 Å². The summed E-state index contributed by atoms with van der Waals surface area (Å²) < 4.78 is 17.1. The quantitative estimate of drug-likeness (QED) is 0.246. The molecule has 0 saturated carbocycles. The van der Waals surface area contributed by atoms with Gasteiger partial charge in [-0.15, -0.1) is 0 Å². The molecule has 0 radical (unpaired) electrons. The Morgan fingerprint density at radius 3 is 2.55 bits per heavy atom. The van der Waals surface area contributed by atoms with Gasteiger partial charge in [-0.05, 0) is 59.5 Å². The van der Waals surface area contributed by atoms with Crippen molar-refractivity contribution in [2.75, 3.05) is 19.9 Å². The number of esters is 1. The summed E-state index contributed by atoms with van der Waals surface area (Å²) in [5.74, 6) is -0.938. The molecule has 10 nitrogen and oxygen atoms in total. The summed E-state index contributed by atoms with van der Waals surface area (Å²) in [5, 5.41) is 24.3. The first-order valence-corrected chi connectivity index (χ1v) is 14.4. The largest absolute Gasteiger partial charge is 0.508 e. The van der Waals surface area contributed by atoms with Gasteiger partial charge in [0.25, 0.3) is 5.91 Å². The predicted molar refractivity (Wildman–Crippen MR) is 162 cm³/mol. The van der Waals surface area contributed by atoms with Gasteiger partial charge in [0.05, 0.1) is 12.2 Å². The third kappa shape index (κ3) is 7.78. The van der Waals surface area contributed by atoms with Crippen LogP contribution in [0.15, 0.2) is 90.5 Å². The number of aromatic hydroxyl groups is 1. The normalized spacial score (nSPS) is 19.2. The van der Waals surface area contributed by atoms with E-state index in [4.69, 9.17) is 19.3 Å². The Bertz CT molecular complexity index is 1550. The molecule has 2 amide bonds. The molecule has 0 bridgehead atoms. The lowest BCUT2D eigenvalue weighted by Crippen LogP contribution is -2.43. The van der Waals surface area contributed by atoms with Crippen molar-refractivity contribution in [2.45, 2.75) is 37.7 Å². The Balaban J connectivity index is 1.17. The standard InChI is InChI=1S/C34H34N2O8/c37-16-15-35-32(39)26-9-4-6-23(17-26)20-36-33(40)27-18-29-31(43-21-42-29)30(19-27)44-34(41)25-13-11-22(12-14-25)5-3-8-24-7-1-2-10-28(24)38/h1-7,9-14,17-18,29-31,37-38H,8,15-16,19-21H2,(H,35,39)(H,36,40)/t29-,30-,31-/m1/s1. The zero-order valence-electron chi connectivity index (χ0n) is 24.0. The van der Waals surface area contributed by atoms with Gasteiger partial charge >= 0.3 is 5.97 Å². The number of hydrogen-bond donors (Lipinski definition) is 4. The average molecular weight is 599 g/mol. The molecule has 0 unspecified atom stereocenters. The zero-order chi connectivity index (χ0) is 30.9. The average Bonchev–Trinajstić information content (AvgIpc) is 3.53. The number of fused-ring (bicyclic) bond motifs is 1. The molecule has 2 aliphatic rings. The number of carbonyl (C=O) groups is 3. The first kappa shape index (κ1) is 30.7. The Kier molecular flexibility index (Phi) is 10.2. The summed E-state index contributed by atoms with van der Waals surface area (Å²) >= 11 is 0. The summed E-state index contributed by atoms with van der Waals surface area (Å²) in [4.78, 5) is 38.4. The van der Waals surface area contributed by atoms with E-state index in [0.717, 1.165) is 16.7 Å². The van der Waals surface area contributed by atoms with Crippen LogP contribution in [0.25, 0.3) is 6.08 Å². The van der Waals surface area contributed by atoms with Gasteiger partial charge in [0, 0.05) is 30.6 Å². The lowest BCUT2D eigenvalue weighted by Gasteiger charge is -2.30. The summed E-state index contributed by atoms with van der Waals surface area (Å²) in [6.45, 7) is 0.205. The molecule has 1 heterocycles. The molecule has 1 aliphatic carbocycles. The number of ether oxygens (including phenoxy) is 3. The molecule has 4 N–H and O–H groups in total. The molecule has 228 valence electrons. The van der Waals surface area contributed by atoms with E-state index in [-0.39, 0.29) is 50.5 Å². The van der Waals surface area contributed by atoms with Crippen LogP contribution >= 0.6 is 0 Å². The first-order chi connectivity index (χ1) is 21.4. The maximum atomic E-state index is 13.1. The van der Waals surface area contributed by atoms with Crippen LogP contribution < -0.4 is 10.6 Å². The molecule has 5 rings (SSSR count). The van der Waals surface area contributed by atoms with Crippen molar-refractivity contribution in [3.05, 3.63) is 118 Å². The second-order valence-electron chi connectivity index (χ2n) is 10.4. The fraction of sp³-hybridized carbons (Fsp3) is 0.265. The van der Waals surface area contributed by atoms with Crippen molar-refractivity contribution in [3.8, 4) is 5.75 Å². The number of phenolic OH excluding ortho intramolecular Hbond substituents is 1. The molecule has 0 spiro atoms. The SMILES string of the molecule is O=C(NCc1cccc(C(=O)NCCO)c1)C1=C[C@H]2OCO[C@H]2[C@H](OC(=O)c2ccc(C=CCc3ccccc3O)cc2)C1. The number of nitrogens with one attached hydrogen (secondary N) is 2. The van der Waals surface area contributed by atoms with Crippen LogP contribution in [0, 0.1) is 0 Å². The highest BCUT2D eigenvalue weighted by atomic mass is 16.7. The summed E-state index contributed by atoms with van der Waals surface area (Å²) in [6.07, 6.45) is 4.49. The number of hydrogen-bond acceptors (Lipinski definition) is 8. The van der Waals surface area contributed by atoms with Gasteiger partial charge in [-0.25, -0.2) is 4.79 Å². The minimum Gasteiger partial charge on any atom is -0.508 e. The number of aliphatic hydroxyl groups is 1. The minimum absolute atomic E-state index is 0.0295. The van der Waals surface area contributed by atoms with Crippen molar-refractivity contribution in [3.63, 3.8) is 0 Å². The molecular formula is C34H34N2O8. The van der Waals surface area contributed by atoms with E-state index < -0.39 is 24.3 Å². The van der Waals surface area contributed by atoms with Gasteiger partial charge in [-0.3, -0.25) is 9.59 Å². The number of rotatable bonds is 11. The van der Waals surface area contributed by atoms with Crippen molar-refractivity contribution in [1.82, 2.24) is 10.6 Å². The molecule has 3 aromatic carbocycles. The number of benzene rings is 3. The van der Waals surface area contributed by atoms with Crippen molar-refractivity contribution < 1.29 is 38.8 Å². The maximum Gasteiger partial charge on any atom is 0.338 e. The van der Waals surface area contributed by atoms with Crippen LogP contribution in [-0.4, -0.2) is 66.3 Å². The molecule has 10 heteroatoms. The minimum atomic E-state index is -0.725. The third-order valence-electron chi connectivity index (χ3n) is 7.37. The van der Waals surface area contributed by atoms with Gasteiger partial charge in [0.2, 0.25) is 5.91 Å². The number of allylic oxidation sites excluding steroid dienone is 1. The van der Waals surface area contributed by atoms with E-state index in [2.05, 4.69) is 10.6 Å². The Labute approximate surface area is 255 Å². The Hall–Kier alpha value is -4.77.